The Kier molecular flexibility index (Phi) is 5.95. The van der Waals surface area contributed by atoms with Crippen LogP contribution in [0.15, 0.2) is 47.8 Å². The molecule has 0 saturated carbocycles. The molecule has 2 rings (SSSR count). The zero-order valence-electron chi connectivity index (χ0n) is 13.2. The molecule has 0 aliphatic rings. The number of hydrogen-bond donors (Lipinski definition) is 0. The molecule has 2 heterocycles. The van der Waals surface area contributed by atoms with Crippen molar-refractivity contribution in [3.8, 4) is 0 Å². The van der Waals surface area contributed by atoms with E-state index in [-0.39, 0.29) is 11.9 Å². The number of rotatable bonds is 6. The van der Waals surface area contributed by atoms with Gasteiger partial charge in [-0.15, -0.1) is 11.8 Å². The normalized spacial score (nSPS) is 12.0. The number of amides is 1. The van der Waals surface area contributed by atoms with Gasteiger partial charge in [0.2, 0.25) is 5.91 Å². The third kappa shape index (κ3) is 4.84. The van der Waals surface area contributed by atoms with Gasteiger partial charge in [0.05, 0.1) is 5.75 Å². The molecule has 0 aliphatic carbocycles. The van der Waals surface area contributed by atoms with E-state index >= 15 is 0 Å². The predicted molar refractivity (Wildman–Crippen MR) is 89.9 cm³/mol. The number of pyridine rings is 2. The van der Waals surface area contributed by atoms with E-state index in [1.165, 1.54) is 17.3 Å². The fourth-order valence-electron chi connectivity index (χ4n) is 2.08. The lowest BCUT2D eigenvalue weighted by atomic mass is 10.1. The first-order chi connectivity index (χ1) is 10.6. The average molecular weight is 315 g/mol. The summed E-state index contributed by atoms with van der Waals surface area (Å²) >= 11 is 1.54. The number of hydrogen-bond acceptors (Lipinski definition) is 4. The molecule has 0 aromatic carbocycles. The van der Waals surface area contributed by atoms with Crippen molar-refractivity contribution in [1.29, 1.82) is 0 Å². The highest BCUT2D eigenvalue weighted by Gasteiger charge is 2.16. The fourth-order valence-corrected chi connectivity index (χ4v) is 2.89. The van der Waals surface area contributed by atoms with E-state index in [9.17, 15) is 4.79 Å². The van der Waals surface area contributed by atoms with Crippen molar-refractivity contribution in [3.05, 3.63) is 54.1 Å². The van der Waals surface area contributed by atoms with E-state index in [0.717, 1.165) is 17.0 Å². The molecule has 0 bridgehead atoms. The van der Waals surface area contributed by atoms with Gasteiger partial charge < -0.3 is 4.90 Å². The number of likely N-dealkylation sites (N-methyl/N-ethyl adjacent to an activating group) is 1. The smallest absolute Gasteiger partial charge is 0.232 e. The van der Waals surface area contributed by atoms with Crippen LogP contribution in [0.2, 0.25) is 0 Å². The summed E-state index contributed by atoms with van der Waals surface area (Å²) in [6.45, 7) is 4.11. The average Bonchev–Trinajstić information content (AvgIpc) is 2.53. The maximum atomic E-state index is 12.3. The Morgan fingerprint density at radius 1 is 1.27 bits per heavy atom. The minimum atomic E-state index is 0.125. The Labute approximate surface area is 136 Å². The number of aryl methyl sites for hydroxylation is 1. The van der Waals surface area contributed by atoms with E-state index in [1.54, 1.807) is 17.3 Å². The maximum absolute atomic E-state index is 12.3. The molecule has 0 spiro atoms. The van der Waals surface area contributed by atoms with Gasteiger partial charge >= 0.3 is 0 Å². The molecule has 0 radical (unpaired) electrons. The fraction of sp³-hybridized carbons (Fsp3) is 0.353. The zero-order chi connectivity index (χ0) is 15.9. The number of thioether (sulfide) groups is 1. The van der Waals surface area contributed by atoms with Crippen LogP contribution in [0.5, 0.6) is 0 Å². The van der Waals surface area contributed by atoms with Crippen LogP contribution in [0.1, 0.15) is 18.2 Å². The molecule has 0 fully saturated rings. The van der Waals surface area contributed by atoms with Gasteiger partial charge in [-0.05, 0) is 43.7 Å². The lowest BCUT2D eigenvalue weighted by Crippen LogP contribution is -2.37. The summed E-state index contributed by atoms with van der Waals surface area (Å²) in [4.78, 5) is 23.5. The SMILES string of the molecule is Cc1ccnc(C[C@@H](C)N(C)C(=O)CSc2ccncc2)c1. The molecule has 0 aliphatic heterocycles. The third-order valence-electron chi connectivity index (χ3n) is 3.54. The van der Waals surface area contributed by atoms with Gasteiger partial charge in [0.1, 0.15) is 0 Å². The van der Waals surface area contributed by atoms with E-state index in [2.05, 4.69) is 29.9 Å². The second-order valence-electron chi connectivity index (χ2n) is 5.35. The Morgan fingerprint density at radius 3 is 2.68 bits per heavy atom. The summed E-state index contributed by atoms with van der Waals surface area (Å²) in [5.74, 6) is 0.563. The van der Waals surface area contributed by atoms with Crippen molar-refractivity contribution in [2.45, 2.75) is 31.2 Å². The number of carbonyl (C=O) groups is 1. The van der Waals surface area contributed by atoms with E-state index in [4.69, 9.17) is 0 Å². The molecule has 5 heteroatoms. The van der Waals surface area contributed by atoms with Crippen molar-refractivity contribution in [2.24, 2.45) is 0 Å². The molecule has 2 aromatic rings. The van der Waals surface area contributed by atoms with Crippen LogP contribution in [-0.4, -0.2) is 39.6 Å². The van der Waals surface area contributed by atoms with Gasteiger partial charge in [0.25, 0.3) is 0 Å². The van der Waals surface area contributed by atoms with Crippen LogP contribution < -0.4 is 0 Å². The highest BCUT2D eigenvalue weighted by atomic mass is 32.2. The van der Waals surface area contributed by atoms with Crippen molar-refractivity contribution >= 4 is 17.7 Å². The summed E-state index contributed by atoms with van der Waals surface area (Å²) in [5.41, 5.74) is 2.22. The summed E-state index contributed by atoms with van der Waals surface area (Å²) < 4.78 is 0. The van der Waals surface area contributed by atoms with Crippen LogP contribution in [0.4, 0.5) is 0 Å². The summed E-state index contributed by atoms with van der Waals surface area (Å²) in [6.07, 6.45) is 6.06. The quantitative estimate of drug-likeness (QED) is 0.769. The second-order valence-corrected chi connectivity index (χ2v) is 6.40. The third-order valence-corrected chi connectivity index (χ3v) is 4.54. The second kappa shape index (κ2) is 7.94. The minimum Gasteiger partial charge on any atom is -0.342 e. The topological polar surface area (TPSA) is 46.1 Å². The summed E-state index contributed by atoms with van der Waals surface area (Å²) in [7, 11) is 1.86. The van der Waals surface area contributed by atoms with Gasteiger partial charge in [-0.1, -0.05) is 0 Å². The Hall–Kier alpha value is -1.88. The van der Waals surface area contributed by atoms with Crippen LogP contribution in [0.3, 0.4) is 0 Å². The number of aromatic nitrogens is 2. The monoisotopic (exact) mass is 315 g/mol. The van der Waals surface area contributed by atoms with Gasteiger partial charge in [-0.3, -0.25) is 14.8 Å². The van der Waals surface area contributed by atoms with Gasteiger partial charge in [-0.25, -0.2) is 0 Å². The number of carbonyl (C=O) groups excluding carboxylic acids is 1. The van der Waals surface area contributed by atoms with Crippen molar-refractivity contribution in [2.75, 3.05) is 12.8 Å². The Morgan fingerprint density at radius 2 is 2.00 bits per heavy atom. The van der Waals surface area contributed by atoms with Gasteiger partial charge in [-0.2, -0.15) is 0 Å². The van der Waals surface area contributed by atoms with E-state index in [0.29, 0.717) is 5.75 Å². The zero-order valence-corrected chi connectivity index (χ0v) is 14.0. The van der Waals surface area contributed by atoms with E-state index < -0.39 is 0 Å². The highest BCUT2D eigenvalue weighted by Crippen LogP contribution is 2.17. The predicted octanol–water partition coefficient (Wildman–Crippen LogP) is 2.97. The van der Waals surface area contributed by atoms with Crippen molar-refractivity contribution in [1.82, 2.24) is 14.9 Å². The molecule has 0 N–H and O–H groups in total. The first kappa shape index (κ1) is 16.5. The minimum absolute atomic E-state index is 0.125. The maximum Gasteiger partial charge on any atom is 0.232 e. The van der Waals surface area contributed by atoms with Crippen molar-refractivity contribution in [3.63, 3.8) is 0 Å². The van der Waals surface area contributed by atoms with E-state index in [1.807, 2.05) is 31.4 Å². The molecular formula is C17H21N3OS. The van der Waals surface area contributed by atoms with Crippen LogP contribution in [-0.2, 0) is 11.2 Å². The first-order valence-corrected chi connectivity index (χ1v) is 8.25. The molecule has 2 aromatic heterocycles. The summed E-state index contributed by atoms with van der Waals surface area (Å²) in [6, 6.07) is 8.00. The molecule has 4 nitrogen and oxygen atoms in total. The lowest BCUT2D eigenvalue weighted by molar-refractivity contribution is -0.128. The van der Waals surface area contributed by atoms with Crippen LogP contribution >= 0.6 is 11.8 Å². The van der Waals surface area contributed by atoms with Crippen molar-refractivity contribution < 1.29 is 4.79 Å². The highest BCUT2D eigenvalue weighted by molar-refractivity contribution is 8.00. The Balaban J connectivity index is 1.86. The van der Waals surface area contributed by atoms with Gasteiger partial charge in [0, 0.05) is 48.7 Å². The molecule has 1 amide bonds. The molecular weight excluding hydrogens is 294 g/mol. The van der Waals surface area contributed by atoms with Gasteiger partial charge in [0.15, 0.2) is 0 Å². The largest absolute Gasteiger partial charge is 0.342 e. The Bertz CT molecular complexity index is 618. The molecule has 0 unspecified atom stereocenters. The molecule has 116 valence electrons. The number of nitrogens with zero attached hydrogens (tertiary/aromatic N) is 3. The standard InChI is InChI=1S/C17H21N3OS/c1-13-4-9-19-15(10-13)11-14(2)20(3)17(21)12-22-16-5-7-18-8-6-16/h4-10,14H,11-12H2,1-3H3/t14-/m1/s1. The molecule has 1 atom stereocenters. The first-order valence-electron chi connectivity index (χ1n) is 7.26. The van der Waals surface area contributed by atoms with Crippen LogP contribution in [0, 0.1) is 6.92 Å². The lowest BCUT2D eigenvalue weighted by Gasteiger charge is -2.24. The van der Waals surface area contributed by atoms with Crippen LogP contribution in [0.25, 0.3) is 0 Å². The summed E-state index contributed by atoms with van der Waals surface area (Å²) in [5, 5.41) is 0. The molecule has 0 saturated heterocycles. The molecule has 22 heavy (non-hydrogen) atoms.